The molecule has 0 bridgehead atoms. The Kier molecular flexibility index (Phi) is 3.62. The van der Waals surface area contributed by atoms with Crippen LogP contribution in [0.4, 0.5) is 5.69 Å². The van der Waals surface area contributed by atoms with Gasteiger partial charge in [-0.05, 0) is 43.0 Å². The minimum absolute atomic E-state index is 0.0363. The lowest BCUT2D eigenvalue weighted by atomic mass is 9.75. The third kappa shape index (κ3) is 2.43. The molecule has 5 heteroatoms. The topological polar surface area (TPSA) is 75.6 Å². The Bertz CT molecular complexity index is 876. The van der Waals surface area contributed by atoms with Crippen LogP contribution in [0.2, 0.25) is 0 Å². The van der Waals surface area contributed by atoms with Crippen molar-refractivity contribution in [1.82, 2.24) is 0 Å². The number of fused-ring (bicyclic) bond motifs is 2. The van der Waals surface area contributed by atoms with Gasteiger partial charge in [0.25, 0.3) is 5.91 Å². The average Bonchev–Trinajstić information content (AvgIpc) is 2.88. The maximum Gasteiger partial charge on any atom is 0.261 e. The van der Waals surface area contributed by atoms with Crippen LogP contribution < -0.4 is 10.1 Å². The first-order chi connectivity index (χ1) is 12.0. The second kappa shape index (κ2) is 5.70. The van der Waals surface area contributed by atoms with Crippen LogP contribution in [0.15, 0.2) is 42.5 Å². The van der Waals surface area contributed by atoms with Gasteiger partial charge in [-0.15, -0.1) is 0 Å². The van der Waals surface area contributed by atoms with Gasteiger partial charge in [0.1, 0.15) is 5.75 Å². The lowest BCUT2D eigenvalue weighted by Crippen LogP contribution is -2.39. The third-order valence-electron chi connectivity index (χ3n) is 5.25. The molecule has 0 aromatic heterocycles. The second-order valence-electron chi connectivity index (χ2n) is 6.69. The van der Waals surface area contributed by atoms with Crippen LogP contribution >= 0.6 is 0 Å². The number of carbonyl (C=O) groups is 2. The zero-order valence-corrected chi connectivity index (χ0v) is 13.9. The van der Waals surface area contributed by atoms with Gasteiger partial charge in [-0.2, -0.15) is 0 Å². The van der Waals surface area contributed by atoms with E-state index in [1.54, 1.807) is 37.4 Å². The predicted octanol–water partition coefficient (Wildman–Crippen LogP) is 2.67. The van der Waals surface area contributed by atoms with Crippen LogP contribution in [0.5, 0.6) is 5.75 Å². The lowest BCUT2D eigenvalue weighted by molar-refractivity contribution is -0.135. The van der Waals surface area contributed by atoms with Crippen LogP contribution in [0.1, 0.15) is 34.3 Å². The fraction of sp³-hybridized carbons (Fsp3) is 0.300. The van der Waals surface area contributed by atoms with Gasteiger partial charge in [0.05, 0.1) is 7.11 Å². The summed E-state index contributed by atoms with van der Waals surface area (Å²) in [6.07, 6.45) is 1.45. The van der Waals surface area contributed by atoms with Crippen molar-refractivity contribution < 1.29 is 19.4 Å². The summed E-state index contributed by atoms with van der Waals surface area (Å²) < 4.78 is 5.21. The first-order valence-corrected chi connectivity index (χ1v) is 8.37. The Morgan fingerprint density at radius 1 is 1.24 bits per heavy atom. The molecule has 128 valence electrons. The summed E-state index contributed by atoms with van der Waals surface area (Å²) in [4.78, 5) is 25.3. The molecular formula is C20H19NO4. The largest absolute Gasteiger partial charge is 0.497 e. The number of Topliss-reactive ketones (excluding diaryl/α,β-unsaturated/α-hetero) is 1. The van der Waals surface area contributed by atoms with Crippen molar-refractivity contribution in [2.75, 3.05) is 12.4 Å². The number of hydrogen-bond acceptors (Lipinski definition) is 4. The lowest BCUT2D eigenvalue weighted by Gasteiger charge is -2.29. The Morgan fingerprint density at radius 2 is 2.04 bits per heavy atom. The van der Waals surface area contributed by atoms with E-state index < -0.39 is 17.4 Å². The highest BCUT2D eigenvalue weighted by Crippen LogP contribution is 2.42. The van der Waals surface area contributed by atoms with E-state index in [4.69, 9.17) is 4.74 Å². The summed E-state index contributed by atoms with van der Waals surface area (Å²) in [5, 5.41) is 13.8. The highest BCUT2D eigenvalue weighted by Gasteiger charge is 2.48. The molecule has 0 saturated carbocycles. The van der Waals surface area contributed by atoms with Crippen LogP contribution in [0.25, 0.3) is 0 Å². The maximum absolute atomic E-state index is 12.9. The van der Waals surface area contributed by atoms with E-state index in [-0.39, 0.29) is 12.2 Å². The van der Waals surface area contributed by atoms with Crippen molar-refractivity contribution in [2.45, 2.75) is 24.9 Å². The molecule has 2 N–H and O–H groups in total. The fourth-order valence-electron chi connectivity index (χ4n) is 3.87. The van der Waals surface area contributed by atoms with Crippen LogP contribution in [0, 0.1) is 5.92 Å². The molecule has 2 atom stereocenters. The van der Waals surface area contributed by atoms with Gasteiger partial charge in [-0.3, -0.25) is 9.59 Å². The predicted molar refractivity (Wildman–Crippen MR) is 92.7 cm³/mol. The van der Waals surface area contributed by atoms with Gasteiger partial charge in [0.15, 0.2) is 11.4 Å². The normalized spacial score (nSPS) is 24.5. The van der Waals surface area contributed by atoms with Gasteiger partial charge in [-0.1, -0.05) is 24.3 Å². The van der Waals surface area contributed by atoms with Gasteiger partial charge in [-0.25, -0.2) is 0 Å². The molecule has 1 amide bonds. The summed E-state index contributed by atoms with van der Waals surface area (Å²) in [6, 6.07) is 12.6. The fourth-order valence-corrected chi connectivity index (χ4v) is 3.87. The van der Waals surface area contributed by atoms with Crippen molar-refractivity contribution in [3.05, 3.63) is 59.2 Å². The van der Waals surface area contributed by atoms with E-state index in [9.17, 15) is 14.7 Å². The highest BCUT2D eigenvalue weighted by atomic mass is 16.5. The number of aryl methyl sites for hydroxylation is 1. The first kappa shape index (κ1) is 15.8. The molecule has 2 aromatic rings. The van der Waals surface area contributed by atoms with E-state index in [2.05, 4.69) is 5.32 Å². The number of anilines is 1. The Balaban J connectivity index is 1.66. The van der Waals surface area contributed by atoms with Crippen LogP contribution in [-0.2, 0) is 16.8 Å². The number of ether oxygens (including phenoxy) is 1. The van der Waals surface area contributed by atoms with Gasteiger partial charge in [0.2, 0.25) is 0 Å². The Hall–Kier alpha value is -2.66. The van der Waals surface area contributed by atoms with E-state index in [0.29, 0.717) is 29.0 Å². The number of para-hydroxylation sites is 1. The minimum Gasteiger partial charge on any atom is -0.497 e. The molecule has 0 radical (unpaired) electrons. The molecule has 0 saturated heterocycles. The molecule has 2 aliphatic rings. The van der Waals surface area contributed by atoms with Crippen molar-refractivity contribution in [2.24, 2.45) is 5.92 Å². The molecular weight excluding hydrogens is 318 g/mol. The monoisotopic (exact) mass is 337 g/mol. The smallest absolute Gasteiger partial charge is 0.261 e. The summed E-state index contributed by atoms with van der Waals surface area (Å²) in [5.41, 5.74) is 1.12. The SMILES string of the molecule is COc1ccc2c(c1)C(=O)[C@@H](C[C@]1(O)C(=O)Nc3ccccc31)CC2. The number of nitrogens with one attached hydrogen (secondary N) is 1. The van der Waals surface area contributed by atoms with Crippen molar-refractivity contribution in [3.63, 3.8) is 0 Å². The van der Waals surface area contributed by atoms with E-state index in [0.717, 1.165) is 12.0 Å². The van der Waals surface area contributed by atoms with Gasteiger partial charge >= 0.3 is 0 Å². The molecule has 25 heavy (non-hydrogen) atoms. The standard InChI is InChI=1S/C20H19NO4/c1-25-14-9-8-12-6-7-13(18(22)15(12)10-14)11-20(24)16-4-2-3-5-17(16)21-19(20)23/h2-5,8-10,13,24H,6-7,11H2,1H3,(H,21,23)/t13-,20-/m1/s1. The molecule has 1 heterocycles. The summed E-state index contributed by atoms with van der Waals surface area (Å²) in [5.74, 6) is -0.263. The maximum atomic E-state index is 12.9. The quantitative estimate of drug-likeness (QED) is 0.903. The number of methoxy groups -OCH3 is 1. The molecule has 0 spiro atoms. The molecule has 1 aliphatic carbocycles. The number of aliphatic hydroxyl groups is 1. The van der Waals surface area contributed by atoms with Gasteiger partial charge in [0, 0.05) is 22.7 Å². The third-order valence-corrected chi connectivity index (χ3v) is 5.25. The van der Waals surface area contributed by atoms with E-state index >= 15 is 0 Å². The zero-order valence-electron chi connectivity index (χ0n) is 13.9. The zero-order chi connectivity index (χ0) is 17.6. The van der Waals surface area contributed by atoms with E-state index in [1.165, 1.54) is 0 Å². The number of carbonyl (C=O) groups excluding carboxylic acids is 2. The van der Waals surface area contributed by atoms with Crippen molar-refractivity contribution in [1.29, 1.82) is 0 Å². The summed E-state index contributed by atoms with van der Waals surface area (Å²) >= 11 is 0. The van der Waals surface area contributed by atoms with E-state index in [1.807, 2.05) is 12.1 Å². The molecule has 5 nitrogen and oxygen atoms in total. The van der Waals surface area contributed by atoms with Crippen molar-refractivity contribution in [3.8, 4) is 5.75 Å². The second-order valence-corrected chi connectivity index (χ2v) is 6.69. The molecule has 1 aliphatic heterocycles. The minimum atomic E-state index is -1.66. The number of rotatable bonds is 3. The van der Waals surface area contributed by atoms with Gasteiger partial charge < -0.3 is 15.2 Å². The van der Waals surface area contributed by atoms with Crippen molar-refractivity contribution >= 4 is 17.4 Å². The molecule has 2 aromatic carbocycles. The molecule has 4 rings (SSSR count). The summed E-state index contributed by atoms with van der Waals surface area (Å²) in [7, 11) is 1.56. The Morgan fingerprint density at radius 3 is 2.84 bits per heavy atom. The average molecular weight is 337 g/mol. The first-order valence-electron chi connectivity index (χ1n) is 8.37. The molecule has 0 unspecified atom stereocenters. The number of ketones is 1. The molecule has 0 fully saturated rings. The van der Waals surface area contributed by atoms with Crippen LogP contribution in [0.3, 0.4) is 0 Å². The number of benzene rings is 2. The number of amides is 1. The highest BCUT2D eigenvalue weighted by molar-refractivity contribution is 6.06. The number of hydrogen-bond donors (Lipinski definition) is 2. The Labute approximate surface area is 145 Å². The van der Waals surface area contributed by atoms with Crippen LogP contribution in [-0.4, -0.2) is 23.9 Å². The summed E-state index contributed by atoms with van der Waals surface area (Å²) in [6.45, 7) is 0.